The normalized spacial score (nSPS) is 12.1. The van der Waals surface area contributed by atoms with Gasteiger partial charge in [-0.15, -0.1) is 0 Å². The first-order valence-electron chi connectivity index (χ1n) is 6.48. The second kappa shape index (κ2) is 9.30. The lowest BCUT2D eigenvalue weighted by Gasteiger charge is -2.13. The topological polar surface area (TPSA) is 82.8 Å². The largest absolute Gasteiger partial charge is 0.399 e. The van der Waals surface area contributed by atoms with Crippen molar-refractivity contribution in [2.45, 2.75) is 13.0 Å². The Kier molecular flexibility index (Phi) is 7.64. The highest BCUT2D eigenvalue weighted by molar-refractivity contribution is 5.93. The fraction of sp³-hybridized carbons (Fsp3) is 0.500. The van der Waals surface area contributed by atoms with Gasteiger partial charge in [0.05, 0.1) is 26.4 Å². The van der Waals surface area contributed by atoms with Gasteiger partial charge in [-0.25, -0.2) is 0 Å². The van der Waals surface area contributed by atoms with E-state index in [1.807, 2.05) is 0 Å². The average molecular weight is 282 g/mol. The van der Waals surface area contributed by atoms with Gasteiger partial charge in [-0.2, -0.15) is 0 Å². The van der Waals surface area contributed by atoms with E-state index in [1.165, 1.54) is 0 Å². The van der Waals surface area contributed by atoms with Crippen LogP contribution >= 0.6 is 0 Å². The number of nitrogens with two attached hydrogens (primary N) is 1. The molecule has 0 heterocycles. The predicted octanol–water partition coefficient (Wildman–Crippen LogP) is 1.28. The molecule has 0 aromatic heterocycles. The van der Waals surface area contributed by atoms with Crippen LogP contribution in [0.15, 0.2) is 24.3 Å². The minimum Gasteiger partial charge on any atom is -0.399 e. The van der Waals surface area contributed by atoms with Crippen LogP contribution in [-0.2, 0) is 19.0 Å². The molecule has 0 bridgehead atoms. The molecule has 112 valence electrons. The Morgan fingerprint density at radius 2 is 1.85 bits per heavy atom. The third-order valence-corrected chi connectivity index (χ3v) is 2.57. The summed E-state index contributed by atoms with van der Waals surface area (Å²) in [5.41, 5.74) is 6.92. The van der Waals surface area contributed by atoms with Crippen molar-refractivity contribution in [3.8, 4) is 0 Å². The predicted molar refractivity (Wildman–Crippen MR) is 77.6 cm³/mol. The van der Waals surface area contributed by atoms with Gasteiger partial charge in [0.15, 0.2) is 0 Å². The number of hydrogen-bond donors (Lipinski definition) is 2. The molecule has 0 spiro atoms. The lowest BCUT2D eigenvalue weighted by Crippen LogP contribution is -2.29. The van der Waals surface area contributed by atoms with E-state index < -0.39 is 6.10 Å². The maximum atomic E-state index is 11.8. The SMILES string of the molecule is COCCOCCOC(C)C(=O)Nc1ccc(N)cc1. The van der Waals surface area contributed by atoms with Gasteiger partial charge in [0.2, 0.25) is 0 Å². The summed E-state index contributed by atoms with van der Waals surface area (Å²) in [6, 6.07) is 6.94. The van der Waals surface area contributed by atoms with Gasteiger partial charge in [0, 0.05) is 18.5 Å². The third-order valence-electron chi connectivity index (χ3n) is 2.57. The van der Waals surface area contributed by atoms with E-state index in [0.717, 1.165) is 0 Å². The van der Waals surface area contributed by atoms with Crippen molar-refractivity contribution < 1.29 is 19.0 Å². The molecule has 0 aliphatic carbocycles. The van der Waals surface area contributed by atoms with Crippen LogP contribution in [0.4, 0.5) is 11.4 Å². The Labute approximate surface area is 119 Å². The minimum absolute atomic E-state index is 0.202. The Hall–Kier alpha value is -1.63. The maximum Gasteiger partial charge on any atom is 0.253 e. The molecule has 1 aromatic rings. The first-order valence-corrected chi connectivity index (χ1v) is 6.48. The molecule has 1 rings (SSSR count). The molecule has 0 aliphatic rings. The van der Waals surface area contributed by atoms with Crippen LogP contribution in [0.5, 0.6) is 0 Å². The molecule has 0 aliphatic heterocycles. The van der Waals surface area contributed by atoms with Crippen LogP contribution in [0.25, 0.3) is 0 Å². The second-order valence-corrected chi connectivity index (χ2v) is 4.23. The van der Waals surface area contributed by atoms with Gasteiger partial charge >= 0.3 is 0 Å². The Bertz CT molecular complexity index is 395. The van der Waals surface area contributed by atoms with E-state index in [4.69, 9.17) is 19.9 Å². The van der Waals surface area contributed by atoms with E-state index in [2.05, 4.69) is 5.32 Å². The lowest BCUT2D eigenvalue weighted by molar-refractivity contribution is -0.127. The molecule has 6 nitrogen and oxygen atoms in total. The van der Waals surface area contributed by atoms with E-state index in [-0.39, 0.29) is 5.91 Å². The van der Waals surface area contributed by atoms with E-state index in [9.17, 15) is 4.79 Å². The van der Waals surface area contributed by atoms with Gasteiger partial charge in [-0.1, -0.05) is 0 Å². The molecule has 20 heavy (non-hydrogen) atoms. The highest BCUT2D eigenvalue weighted by atomic mass is 16.5. The van der Waals surface area contributed by atoms with Crippen molar-refractivity contribution >= 4 is 17.3 Å². The van der Waals surface area contributed by atoms with Crippen molar-refractivity contribution in [3.05, 3.63) is 24.3 Å². The van der Waals surface area contributed by atoms with E-state index in [0.29, 0.717) is 37.8 Å². The van der Waals surface area contributed by atoms with E-state index >= 15 is 0 Å². The summed E-state index contributed by atoms with van der Waals surface area (Å²) in [7, 11) is 1.61. The van der Waals surface area contributed by atoms with Crippen molar-refractivity contribution in [1.82, 2.24) is 0 Å². The van der Waals surface area contributed by atoms with Gasteiger partial charge in [0.25, 0.3) is 5.91 Å². The summed E-state index contributed by atoms with van der Waals surface area (Å²) in [6.07, 6.45) is -0.543. The van der Waals surface area contributed by atoms with Gasteiger partial charge in [-0.05, 0) is 31.2 Å². The fourth-order valence-corrected chi connectivity index (χ4v) is 1.41. The lowest BCUT2D eigenvalue weighted by atomic mass is 10.2. The average Bonchev–Trinajstić information content (AvgIpc) is 2.45. The summed E-state index contributed by atoms with van der Waals surface area (Å²) < 4.78 is 15.5. The Morgan fingerprint density at radius 1 is 1.20 bits per heavy atom. The van der Waals surface area contributed by atoms with Crippen molar-refractivity contribution in [1.29, 1.82) is 0 Å². The maximum absolute atomic E-state index is 11.8. The zero-order valence-electron chi connectivity index (χ0n) is 11.9. The highest BCUT2D eigenvalue weighted by Crippen LogP contribution is 2.11. The highest BCUT2D eigenvalue weighted by Gasteiger charge is 2.13. The van der Waals surface area contributed by atoms with Gasteiger partial charge < -0.3 is 25.3 Å². The zero-order valence-corrected chi connectivity index (χ0v) is 11.9. The van der Waals surface area contributed by atoms with Crippen molar-refractivity contribution in [3.63, 3.8) is 0 Å². The van der Waals surface area contributed by atoms with E-state index in [1.54, 1.807) is 38.3 Å². The number of rotatable bonds is 9. The number of anilines is 2. The summed E-state index contributed by atoms with van der Waals surface area (Å²) in [5.74, 6) is -0.202. The number of nitrogens with one attached hydrogen (secondary N) is 1. The number of nitrogen functional groups attached to an aromatic ring is 1. The molecule has 6 heteroatoms. The second-order valence-electron chi connectivity index (χ2n) is 4.23. The monoisotopic (exact) mass is 282 g/mol. The summed E-state index contributed by atoms with van der Waals surface area (Å²) in [5, 5.41) is 2.75. The van der Waals surface area contributed by atoms with Crippen LogP contribution in [-0.4, -0.2) is 45.5 Å². The minimum atomic E-state index is -0.543. The first-order chi connectivity index (χ1) is 9.63. The van der Waals surface area contributed by atoms with Crippen LogP contribution < -0.4 is 11.1 Å². The number of carbonyl (C=O) groups is 1. The molecule has 1 aromatic carbocycles. The van der Waals surface area contributed by atoms with Gasteiger partial charge in [0.1, 0.15) is 6.10 Å². The number of methoxy groups -OCH3 is 1. The number of amides is 1. The number of carbonyl (C=O) groups excluding carboxylic acids is 1. The molecule has 0 fully saturated rings. The number of ether oxygens (including phenoxy) is 3. The zero-order chi connectivity index (χ0) is 14.8. The summed E-state index contributed by atoms with van der Waals surface area (Å²) >= 11 is 0. The summed E-state index contributed by atoms with van der Waals surface area (Å²) in [6.45, 7) is 3.56. The quantitative estimate of drug-likeness (QED) is 0.526. The van der Waals surface area contributed by atoms with Crippen LogP contribution in [0.3, 0.4) is 0 Å². The molecule has 1 amide bonds. The van der Waals surface area contributed by atoms with Crippen LogP contribution in [0.2, 0.25) is 0 Å². The molecular formula is C14H22N2O4. The number of hydrogen-bond acceptors (Lipinski definition) is 5. The molecule has 1 unspecified atom stereocenters. The summed E-state index contributed by atoms with van der Waals surface area (Å²) in [4.78, 5) is 11.8. The first kappa shape index (κ1) is 16.4. The smallest absolute Gasteiger partial charge is 0.253 e. The molecule has 0 saturated heterocycles. The third kappa shape index (κ3) is 6.51. The number of benzene rings is 1. The van der Waals surface area contributed by atoms with Crippen LogP contribution in [0, 0.1) is 0 Å². The van der Waals surface area contributed by atoms with Crippen molar-refractivity contribution in [2.75, 3.05) is 44.6 Å². The Morgan fingerprint density at radius 3 is 2.50 bits per heavy atom. The van der Waals surface area contributed by atoms with Gasteiger partial charge in [-0.3, -0.25) is 4.79 Å². The molecule has 3 N–H and O–H groups in total. The molecular weight excluding hydrogens is 260 g/mol. The fourth-order valence-electron chi connectivity index (χ4n) is 1.41. The standard InChI is InChI=1S/C14H22N2O4/c1-11(20-10-9-19-8-7-18-2)14(17)16-13-5-3-12(15)4-6-13/h3-6,11H,7-10,15H2,1-2H3,(H,16,17). The van der Waals surface area contributed by atoms with Crippen molar-refractivity contribution in [2.24, 2.45) is 0 Å². The Balaban J connectivity index is 2.20. The molecule has 0 radical (unpaired) electrons. The van der Waals surface area contributed by atoms with Crippen LogP contribution in [0.1, 0.15) is 6.92 Å². The molecule has 1 atom stereocenters. The molecule has 0 saturated carbocycles.